The molecular weight excluding hydrogens is 392 g/mol. The highest BCUT2D eigenvalue weighted by molar-refractivity contribution is 6.31. The lowest BCUT2D eigenvalue weighted by Crippen LogP contribution is -2.20. The molecule has 9 nitrogen and oxygen atoms in total. The molecule has 0 aromatic heterocycles. The van der Waals surface area contributed by atoms with Gasteiger partial charge in [-0.15, -0.1) is 0 Å². The minimum atomic E-state index is -0.803. The molecule has 0 fully saturated rings. The number of esters is 1. The summed E-state index contributed by atoms with van der Waals surface area (Å²) in [5, 5.41) is 22.9. The number of carbonyl (C=O) groups is 2. The summed E-state index contributed by atoms with van der Waals surface area (Å²) in [6.07, 6.45) is 2.49. The molecule has 0 saturated carbocycles. The smallest absolute Gasteiger partial charge is 0.331 e. The number of phenols is 1. The van der Waals surface area contributed by atoms with Crippen molar-refractivity contribution in [2.45, 2.75) is 0 Å². The molecule has 2 aromatic rings. The molecule has 2 aromatic carbocycles. The Morgan fingerprint density at radius 2 is 2.04 bits per heavy atom. The van der Waals surface area contributed by atoms with Crippen LogP contribution in [-0.4, -0.2) is 35.6 Å². The van der Waals surface area contributed by atoms with Gasteiger partial charge >= 0.3 is 5.97 Å². The largest absolute Gasteiger partial charge is 0.504 e. The number of nitrogens with zero attached hydrogens (tertiary/aromatic N) is 1. The number of aromatic hydroxyl groups is 1. The zero-order valence-corrected chi connectivity index (χ0v) is 15.3. The number of amides is 1. The molecule has 2 rings (SSSR count). The van der Waals surface area contributed by atoms with Gasteiger partial charge in [0.15, 0.2) is 18.1 Å². The van der Waals surface area contributed by atoms with E-state index in [1.165, 1.54) is 37.5 Å². The third-order valence-corrected chi connectivity index (χ3v) is 3.63. The van der Waals surface area contributed by atoms with E-state index in [9.17, 15) is 24.8 Å². The van der Waals surface area contributed by atoms with E-state index in [1.807, 2.05) is 0 Å². The maximum Gasteiger partial charge on any atom is 0.331 e. The summed E-state index contributed by atoms with van der Waals surface area (Å²) in [7, 11) is 1.39. The lowest BCUT2D eigenvalue weighted by atomic mass is 10.2. The van der Waals surface area contributed by atoms with Crippen molar-refractivity contribution in [2.24, 2.45) is 0 Å². The van der Waals surface area contributed by atoms with Crippen molar-refractivity contribution >= 4 is 40.9 Å². The van der Waals surface area contributed by atoms with Gasteiger partial charge in [-0.1, -0.05) is 17.7 Å². The van der Waals surface area contributed by atoms with Gasteiger partial charge in [0, 0.05) is 17.2 Å². The fourth-order valence-electron chi connectivity index (χ4n) is 2.10. The third kappa shape index (κ3) is 5.71. The number of nitrogens with one attached hydrogen (secondary N) is 1. The predicted molar refractivity (Wildman–Crippen MR) is 101 cm³/mol. The summed E-state index contributed by atoms with van der Waals surface area (Å²) in [5.74, 6) is -1.38. The topological polar surface area (TPSA) is 128 Å². The SMILES string of the molecule is COc1cc(C=CC(=O)OCC(=O)Nc2cc(Cl)ccc2[N+](=O)[O-])ccc1O. The zero-order chi connectivity index (χ0) is 20.7. The van der Waals surface area contributed by atoms with Crippen LogP contribution in [-0.2, 0) is 14.3 Å². The van der Waals surface area contributed by atoms with Crippen LogP contribution in [0.3, 0.4) is 0 Å². The quantitative estimate of drug-likeness (QED) is 0.313. The summed E-state index contributed by atoms with van der Waals surface area (Å²) in [6, 6.07) is 8.14. The van der Waals surface area contributed by atoms with Crippen molar-refractivity contribution in [3.63, 3.8) is 0 Å². The normalized spacial score (nSPS) is 10.5. The van der Waals surface area contributed by atoms with Crippen molar-refractivity contribution in [1.82, 2.24) is 0 Å². The van der Waals surface area contributed by atoms with Crippen LogP contribution in [0.2, 0.25) is 5.02 Å². The maximum atomic E-state index is 11.9. The van der Waals surface area contributed by atoms with Crippen LogP contribution in [0.4, 0.5) is 11.4 Å². The fourth-order valence-corrected chi connectivity index (χ4v) is 2.27. The highest BCUT2D eigenvalue weighted by atomic mass is 35.5. The van der Waals surface area contributed by atoms with Crippen LogP contribution < -0.4 is 10.1 Å². The number of anilines is 1. The molecule has 0 heterocycles. The van der Waals surface area contributed by atoms with Gasteiger partial charge in [-0.05, 0) is 35.9 Å². The van der Waals surface area contributed by atoms with Gasteiger partial charge in [-0.3, -0.25) is 14.9 Å². The Bertz CT molecular complexity index is 944. The van der Waals surface area contributed by atoms with Crippen molar-refractivity contribution < 1.29 is 29.1 Å². The Balaban J connectivity index is 1.93. The molecule has 0 unspecified atom stereocenters. The molecule has 0 saturated heterocycles. The highest BCUT2D eigenvalue weighted by Gasteiger charge is 2.16. The summed E-state index contributed by atoms with van der Waals surface area (Å²) < 4.78 is 9.74. The first kappa shape index (κ1) is 20.7. The molecule has 0 atom stereocenters. The third-order valence-electron chi connectivity index (χ3n) is 3.39. The van der Waals surface area contributed by atoms with E-state index in [2.05, 4.69) is 5.32 Å². The Kier molecular flexibility index (Phi) is 6.94. The van der Waals surface area contributed by atoms with E-state index in [1.54, 1.807) is 6.07 Å². The van der Waals surface area contributed by atoms with Crippen molar-refractivity contribution in [3.8, 4) is 11.5 Å². The van der Waals surface area contributed by atoms with E-state index in [4.69, 9.17) is 21.1 Å². The van der Waals surface area contributed by atoms with Gasteiger partial charge in [0.05, 0.1) is 12.0 Å². The van der Waals surface area contributed by atoms with Crippen LogP contribution >= 0.6 is 11.6 Å². The first-order valence-electron chi connectivity index (χ1n) is 7.76. The minimum Gasteiger partial charge on any atom is -0.504 e. The number of hydrogen-bond acceptors (Lipinski definition) is 7. The molecule has 10 heteroatoms. The van der Waals surface area contributed by atoms with Crippen LogP contribution in [0, 0.1) is 10.1 Å². The second-order valence-electron chi connectivity index (χ2n) is 5.34. The van der Waals surface area contributed by atoms with E-state index < -0.39 is 23.4 Å². The molecule has 0 aliphatic carbocycles. The Morgan fingerprint density at radius 1 is 1.29 bits per heavy atom. The molecule has 1 amide bonds. The van der Waals surface area contributed by atoms with E-state index >= 15 is 0 Å². The van der Waals surface area contributed by atoms with Crippen LogP contribution in [0.5, 0.6) is 11.5 Å². The summed E-state index contributed by atoms with van der Waals surface area (Å²) >= 11 is 5.77. The van der Waals surface area contributed by atoms with E-state index in [0.29, 0.717) is 5.56 Å². The molecule has 146 valence electrons. The second-order valence-corrected chi connectivity index (χ2v) is 5.78. The molecular formula is C18H15ClN2O7. The number of hydrogen-bond donors (Lipinski definition) is 2. The van der Waals surface area contributed by atoms with Crippen LogP contribution in [0.15, 0.2) is 42.5 Å². The molecule has 0 aliphatic heterocycles. The molecule has 0 aliphatic rings. The minimum absolute atomic E-state index is 0.0472. The maximum absolute atomic E-state index is 11.9. The lowest BCUT2D eigenvalue weighted by molar-refractivity contribution is -0.383. The van der Waals surface area contributed by atoms with Gasteiger partial charge in [0.25, 0.3) is 11.6 Å². The predicted octanol–water partition coefficient (Wildman–Crippen LogP) is 3.16. The van der Waals surface area contributed by atoms with Gasteiger partial charge < -0.3 is 19.9 Å². The first-order valence-corrected chi connectivity index (χ1v) is 8.13. The summed E-state index contributed by atoms with van der Waals surface area (Å²) in [4.78, 5) is 33.9. The molecule has 0 radical (unpaired) electrons. The number of nitro groups is 1. The van der Waals surface area contributed by atoms with Gasteiger partial charge in [0.1, 0.15) is 5.69 Å². The van der Waals surface area contributed by atoms with Crippen molar-refractivity contribution in [2.75, 3.05) is 19.0 Å². The molecule has 0 bridgehead atoms. The number of carbonyl (C=O) groups excluding carboxylic acids is 2. The lowest BCUT2D eigenvalue weighted by Gasteiger charge is -2.06. The fraction of sp³-hybridized carbons (Fsp3) is 0.111. The summed E-state index contributed by atoms with van der Waals surface area (Å²) in [5.41, 5.74) is 0.112. The van der Waals surface area contributed by atoms with E-state index in [0.717, 1.165) is 12.1 Å². The number of benzene rings is 2. The number of methoxy groups -OCH3 is 1. The highest BCUT2D eigenvalue weighted by Crippen LogP contribution is 2.28. The van der Waals surface area contributed by atoms with E-state index in [-0.39, 0.29) is 27.9 Å². The monoisotopic (exact) mass is 406 g/mol. The van der Waals surface area contributed by atoms with Gasteiger partial charge in [-0.2, -0.15) is 0 Å². The average molecular weight is 407 g/mol. The molecule has 0 spiro atoms. The first-order chi connectivity index (χ1) is 13.3. The summed E-state index contributed by atoms with van der Waals surface area (Å²) in [6.45, 7) is -0.647. The second kappa shape index (κ2) is 9.38. The van der Waals surface area contributed by atoms with Crippen LogP contribution in [0.1, 0.15) is 5.56 Å². The number of phenolic OH excluding ortho intramolecular Hbond substituents is 1. The zero-order valence-electron chi connectivity index (χ0n) is 14.5. The Morgan fingerprint density at radius 3 is 2.71 bits per heavy atom. The number of halogens is 1. The number of ether oxygens (including phenoxy) is 2. The standard InChI is InChI=1S/C18H15ClN2O7/c1-27-16-8-11(2-6-15(16)22)3-7-18(24)28-10-17(23)20-13-9-12(19)4-5-14(13)21(25)26/h2-9,22H,10H2,1H3,(H,20,23). The average Bonchev–Trinajstić information content (AvgIpc) is 2.65. The number of nitro benzene ring substituents is 1. The molecule has 2 N–H and O–H groups in total. The Labute approximate surface area is 164 Å². The number of rotatable bonds is 7. The van der Waals surface area contributed by atoms with Crippen LogP contribution in [0.25, 0.3) is 6.08 Å². The van der Waals surface area contributed by atoms with Gasteiger partial charge in [0.2, 0.25) is 0 Å². The van der Waals surface area contributed by atoms with Crippen molar-refractivity contribution in [1.29, 1.82) is 0 Å². The van der Waals surface area contributed by atoms with Crippen molar-refractivity contribution in [3.05, 3.63) is 63.2 Å². The van der Waals surface area contributed by atoms with Gasteiger partial charge in [-0.25, -0.2) is 4.79 Å². The Hall–Kier alpha value is -3.59. The molecule has 28 heavy (non-hydrogen) atoms.